The zero-order valence-corrected chi connectivity index (χ0v) is 8.71. The molecule has 0 unspecified atom stereocenters. The van der Waals surface area contributed by atoms with E-state index in [2.05, 4.69) is 0 Å². The van der Waals surface area contributed by atoms with E-state index in [1.54, 1.807) is 13.8 Å². The van der Waals surface area contributed by atoms with Crippen molar-refractivity contribution in [1.82, 2.24) is 0 Å². The number of benzene rings is 1. The summed E-state index contributed by atoms with van der Waals surface area (Å²) in [5, 5.41) is 21.6. The van der Waals surface area contributed by atoms with Crippen LogP contribution in [0.15, 0.2) is 6.07 Å². The topological polar surface area (TPSA) is 80.3 Å². The fraction of sp³-hybridized carbons (Fsp3) is 0.273. The van der Waals surface area contributed by atoms with Crippen LogP contribution in [0.2, 0.25) is 0 Å². The third-order valence-corrected chi connectivity index (χ3v) is 2.38. The Balaban J connectivity index is 3.64. The molecule has 4 nitrogen and oxygen atoms in total. The molecule has 0 aromatic heterocycles. The number of carbonyl (C=O) groups is 2. The minimum Gasteiger partial charge on any atom is -0.545 e. The highest BCUT2D eigenvalue weighted by Gasteiger charge is 2.12. The number of aryl methyl sites for hydroxylation is 2. The first kappa shape index (κ1) is 11.2. The van der Waals surface area contributed by atoms with Gasteiger partial charge in [-0.1, -0.05) is 6.07 Å². The Morgan fingerprint density at radius 1 is 0.933 bits per heavy atom. The van der Waals surface area contributed by atoms with Crippen molar-refractivity contribution in [3.05, 3.63) is 33.9 Å². The molecule has 0 radical (unpaired) electrons. The first-order valence-corrected chi connectivity index (χ1v) is 4.39. The van der Waals surface area contributed by atoms with Gasteiger partial charge < -0.3 is 19.8 Å². The smallest absolute Gasteiger partial charge is 0.0720 e. The molecule has 0 saturated carbocycles. The lowest BCUT2D eigenvalue weighted by atomic mass is 9.93. The van der Waals surface area contributed by atoms with E-state index in [1.807, 2.05) is 0 Å². The van der Waals surface area contributed by atoms with Crippen molar-refractivity contribution in [1.29, 1.82) is 0 Å². The van der Waals surface area contributed by atoms with E-state index >= 15 is 0 Å². The predicted molar refractivity (Wildman–Crippen MR) is 49.3 cm³/mol. The standard InChI is InChI=1S/C11H12O4/c1-5-4-6(2)9(11(14)15)7(3)8(5)10(12)13/h4H,1-3H3,(H,12,13)(H,14,15)/p-2. The van der Waals surface area contributed by atoms with Crippen LogP contribution in [0.3, 0.4) is 0 Å². The van der Waals surface area contributed by atoms with Crippen molar-refractivity contribution in [2.24, 2.45) is 0 Å². The molecule has 0 fully saturated rings. The molecule has 0 heterocycles. The number of hydrogen-bond acceptors (Lipinski definition) is 4. The monoisotopic (exact) mass is 206 g/mol. The highest BCUT2D eigenvalue weighted by Crippen LogP contribution is 2.21. The summed E-state index contributed by atoms with van der Waals surface area (Å²) in [5.41, 5.74) is 1.04. The van der Waals surface area contributed by atoms with Crippen LogP contribution in [0.4, 0.5) is 0 Å². The van der Waals surface area contributed by atoms with Crippen LogP contribution in [0.5, 0.6) is 0 Å². The van der Waals surface area contributed by atoms with E-state index < -0.39 is 11.9 Å². The Hall–Kier alpha value is -1.84. The number of hydrogen-bond donors (Lipinski definition) is 0. The van der Waals surface area contributed by atoms with Gasteiger partial charge in [0.1, 0.15) is 0 Å². The first-order chi connectivity index (χ1) is 6.86. The molecule has 80 valence electrons. The van der Waals surface area contributed by atoms with Crippen molar-refractivity contribution in [3.8, 4) is 0 Å². The van der Waals surface area contributed by atoms with E-state index in [0.717, 1.165) is 0 Å². The maximum Gasteiger partial charge on any atom is 0.0720 e. The zero-order chi connectivity index (χ0) is 11.7. The van der Waals surface area contributed by atoms with Crippen molar-refractivity contribution >= 4 is 11.9 Å². The summed E-state index contributed by atoms with van der Waals surface area (Å²) in [6, 6.07) is 1.50. The molecular formula is C11H10O4-2. The average molecular weight is 206 g/mol. The molecule has 1 aromatic carbocycles. The predicted octanol–water partition coefficient (Wildman–Crippen LogP) is -0.661. The second-order valence-electron chi connectivity index (χ2n) is 3.46. The van der Waals surface area contributed by atoms with Gasteiger partial charge in [0.05, 0.1) is 11.9 Å². The molecule has 1 rings (SSSR count). The van der Waals surface area contributed by atoms with Crippen LogP contribution in [0.1, 0.15) is 37.4 Å². The molecule has 0 aliphatic heterocycles. The SMILES string of the molecule is Cc1cc(C)c(C(=O)[O-])c(C)c1C(=O)[O-]. The van der Waals surface area contributed by atoms with Crippen molar-refractivity contribution in [2.45, 2.75) is 20.8 Å². The fourth-order valence-electron chi connectivity index (χ4n) is 1.81. The third kappa shape index (κ3) is 1.83. The summed E-state index contributed by atoms with van der Waals surface area (Å²) >= 11 is 0. The van der Waals surface area contributed by atoms with Crippen molar-refractivity contribution in [2.75, 3.05) is 0 Å². The highest BCUT2D eigenvalue weighted by molar-refractivity contribution is 5.97. The molecule has 0 amide bonds. The van der Waals surface area contributed by atoms with Gasteiger partial charge in [-0.2, -0.15) is 0 Å². The molecule has 15 heavy (non-hydrogen) atoms. The second kappa shape index (κ2) is 3.73. The van der Waals surface area contributed by atoms with Gasteiger partial charge >= 0.3 is 0 Å². The first-order valence-electron chi connectivity index (χ1n) is 4.39. The Morgan fingerprint density at radius 2 is 1.27 bits per heavy atom. The quantitative estimate of drug-likeness (QED) is 0.643. The van der Waals surface area contributed by atoms with Crippen LogP contribution in [0.25, 0.3) is 0 Å². The molecule has 0 bridgehead atoms. The van der Waals surface area contributed by atoms with E-state index in [1.165, 1.54) is 13.0 Å². The van der Waals surface area contributed by atoms with Crippen molar-refractivity contribution < 1.29 is 19.8 Å². The third-order valence-electron chi connectivity index (χ3n) is 2.38. The Labute approximate surface area is 87.2 Å². The second-order valence-corrected chi connectivity index (χ2v) is 3.46. The number of carboxylic acid groups (broad SMARTS) is 2. The number of rotatable bonds is 2. The normalized spacial score (nSPS) is 10.1. The lowest BCUT2D eigenvalue weighted by molar-refractivity contribution is -0.255. The Morgan fingerprint density at radius 3 is 1.53 bits per heavy atom. The zero-order valence-electron chi connectivity index (χ0n) is 8.71. The van der Waals surface area contributed by atoms with Crippen LogP contribution >= 0.6 is 0 Å². The van der Waals surface area contributed by atoms with Gasteiger partial charge in [0.25, 0.3) is 0 Å². The number of aromatic carboxylic acids is 2. The number of carboxylic acids is 2. The lowest BCUT2D eigenvalue weighted by Gasteiger charge is -2.18. The molecule has 0 aliphatic rings. The maximum absolute atomic E-state index is 10.8. The lowest BCUT2D eigenvalue weighted by Crippen LogP contribution is -2.29. The summed E-state index contributed by atoms with van der Waals surface area (Å²) in [6.07, 6.45) is 0. The molecule has 0 aliphatic carbocycles. The molecule has 0 N–H and O–H groups in total. The highest BCUT2D eigenvalue weighted by atomic mass is 16.4. The van der Waals surface area contributed by atoms with Gasteiger partial charge in [-0.15, -0.1) is 0 Å². The summed E-state index contributed by atoms with van der Waals surface area (Å²) in [6.45, 7) is 4.64. The van der Waals surface area contributed by atoms with E-state index in [0.29, 0.717) is 11.1 Å². The van der Waals surface area contributed by atoms with E-state index in [4.69, 9.17) is 0 Å². The Kier molecular flexibility index (Phi) is 2.79. The summed E-state index contributed by atoms with van der Waals surface area (Å²) < 4.78 is 0. The molecule has 0 atom stereocenters. The van der Waals surface area contributed by atoms with E-state index in [9.17, 15) is 19.8 Å². The van der Waals surface area contributed by atoms with Crippen LogP contribution in [-0.2, 0) is 0 Å². The Bertz CT molecular complexity index is 408. The van der Waals surface area contributed by atoms with Gasteiger partial charge in [0.2, 0.25) is 0 Å². The van der Waals surface area contributed by atoms with Crippen LogP contribution < -0.4 is 10.2 Å². The summed E-state index contributed by atoms with van der Waals surface area (Å²) in [4.78, 5) is 21.6. The molecule has 4 heteroatoms. The summed E-state index contributed by atoms with van der Waals surface area (Å²) in [7, 11) is 0. The van der Waals surface area contributed by atoms with Gasteiger partial charge in [0.15, 0.2) is 0 Å². The maximum atomic E-state index is 10.8. The summed E-state index contributed by atoms with van der Waals surface area (Å²) in [5.74, 6) is -2.74. The number of carbonyl (C=O) groups excluding carboxylic acids is 2. The van der Waals surface area contributed by atoms with Crippen LogP contribution in [0, 0.1) is 20.8 Å². The van der Waals surface area contributed by atoms with Gasteiger partial charge in [-0.05, 0) is 37.5 Å². The molecule has 0 spiro atoms. The molecule has 0 saturated heterocycles. The van der Waals surface area contributed by atoms with Crippen molar-refractivity contribution in [3.63, 3.8) is 0 Å². The van der Waals surface area contributed by atoms with Crippen LogP contribution in [-0.4, -0.2) is 11.9 Å². The van der Waals surface area contributed by atoms with E-state index in [-0.39, 0.29) is 16.7 Å². The molecule has 1 aromatic rings. The largest absolute Gasteiger partial charge is 0.545 e. The molecular weight excluding hydrogens is 196 g/mol. The average Bonchev–Trinajstić information content (AvgIpc) is 1.99. The fourth-order valence-corrected chi connectivity index (χ4v) is 1.81. The minimum absolute atomic E-state index is 0.0696. The van der Waals surface area contributed by atoms with Gasteiger partial charge in [-0.3, -0.25) is 0 Å². The van der Waals surface area contributed by atoms with Gasteiger partial charge in [-0.25, -0.2) is 0 Å². The minimum atomic E-state index is -1.37. The van der Waals surface area contributed by atoms with Gasteiger partial charge in [0, 0.05) is 11.1 Å².